The Hall–Kier alpha value is -0.610. The van der Waals surface area contributed by atoms with Crippen LogP contribution in [0.15, 0.2) is 0 Å². The van der Waals surface area contributed by atoms with Gasteiger partial charge in [0.05, 0.1) is 5.92 Å². The highest BCUT2D eigenvalue weighted by Crippen LogP contribution is 2.04. The first-order valence-electron chi connectivity index (χ1n) is 7.21. The molecule has 1 saturated heterocycles. The first-order valence-corrected chi connectivity index (χ1v) is 7.21. The van der Waals surface area contributed by atoms with Gasteiger partial charge in [-0.3, -0.25) is 9.69 Å². The van der Waals surface area contributed by atoms with Crippen molar-refractivity contribution < 1.29 is 9.53 Å². The van der Waals surface area contributed by atoms with Crippen LogP contribution < -0.4 is 0 Å². The van der Waals surface area contributed by atoms with Gasteiger partial charge in [0.1, 0.15) is 6.61 Å². The second-order valence-electron chi connectivity index (χ2n) is 4.62. The fourth-order valence-corrected chi connectivity index (χ4v) is 1.66. The maximum Gasteiger partial charge on any atom is 0.308 e. The molecule has 108 valence electrons. The van der Waals surface area contributed by atoms with Crippen LogP contribution in [0.2, 0.25) is 0 Å². The number of piperazine rings is 1. The molecule has 4 nitrogen and oxygen atoms in total. The highest BCUT2D eigenvalue weighted by molar-refractivity contribution is 5.71. The molecule has 0 saturated carbocycles. The molecule has 0 N–H and O–H groups in total. The number of nitrogens with zero attached hydrogens (tertiary/aromatic N) is 2. The summed E-state index contributed by atoms with van der Waals surface area (Å²) in [6.45, 7) is 13.7. The van der Waals surface area contributed by atoms with Crippen LogP contribution in [0.3, 0.4) is 0 Å². The third-order valence-corrected chi connectivity index (χ3v) is 3.26. The first-order chi connectivity index (χ1) is 8.63. The normalized spacial score (nSPS) is 18.7. The van der Waals surface area contributed by atoms with E-state index in [1.807, 2.05) is 27.7 Å². The molecule has 0 aromatic carbocycles. The minimum Gasteiger partial charge on any atom is -0.464 e. The van der Waals surface area contributed by atoms with Crippen molar-refractivity contribution in [2.24, 2.45) is 5.92 Å². The van der Waals surface area contributed by atoms with Gasteiger partial charge in [0.15, 0.2) is 0 Å². The SMILES string of the molecule is CC.CC[C@H](C)C(=O)OCCN1CCN(C)CC1. The van der Waals surface area contributed by atoms with E-state index >= 15 is 0 Å². The van der Waals surface area contributed by atoms with Crippen LogP contribution in [0, 0.1) is 5.92 Å². The Morgan fingerprint density at radius 2 is 1.78 bits per heavy atom. The van der Waals surface area contributed by atoms with E-state index in [1.54, 1.807) is 0 Å². The number of hydrogen-bond acceptors (Lipinski definition) is 4. The number of likely N-dealkylation sites (N-methyl/N-ethyl adjacent to an activating group) is 1. The largest absolute Gasteiger partial charge is 0.464 e. The Morgan fingerprint density at radius 3 is 2.28 bits per heavy atom. The number of ether oxygens (including phenoxy) is 1. The summed E-state index contributed by atoms with van der Waals surface area (Å²) >= 11 is 0. The minimum absolute atomic E-state index is 0.0347. The molecule has 1 aliphatic rings. The molecule has 1 heterocycles. The van der Waals surface area contributed by atoms with Crippen molar-refractivity contribution in [2.45, 2.75) is 34.1 Å². The van der Waals surface area contributed by atoms with Crippen LogP contribution in [0.5, 0.6) is 0 Å². The number of esters is 1. The summed E-state index contributed by atoms with van der Waals surface area (Å²) in [6, 6.07) is 0. The Kier molecular flexibility index (Phi) is 9.98. The average Bonchev–Trinajstić information content (AvgIpc) is 2.42. The van der Waals surface area contributed by atoms with Gasteiger partial charge in [-0.2, -0.15) is 0 Å². The third-order valence-electron chi connectivity index (χ3n) is 3.26. The summed E-state index contributed by atoms with van der Waals surface area (Å²) in [7, 11) is 2.14. The van der Waals surface area contributed by atoms with Gasteiger partial charge in [-0.25, -0.2) is 0 Å². The molecule has 18 heavy (non-hydrogen) atoms. The van der Waals surface area contributed by atoms with E-state index in [0.717, 1.165) is 39.1 Å². The molecular formula is C14H30N2O2. The zero-order chi connectivity index (χ0) is 14.0. The number of carbonyl (C=O) groups is 1. The summed E-state index contributed by atoms with van der Waals surface area (Å²) in [5, 5.41) is 0. The lowest BCUT2D eigenvalue weighted by molar-refractivity contribution is -0.148. The molecule has 0 radical (unpaired) electrons. The molecule has 1 atom stereocenters. The fraction of sp³-hybridized carbons (Fsp3) is 0.929. The number of carbonyl (C=O) groups excluding carboxylic acids is 1. The number of hydrogen-bond donors (Lipinski definition) is 0. The maximum atomic E-state index is 11.4. The molecule has 1 aliphatic heterocycles. The van der Waals surface area contributed by atoms with Gasteiger partial charge < -0.3 is 9.64 Å². The van der Waals surface area contributed by atoms with Crippen molar-refractivity contribution in [1.29, 1.82) is 0 Å². The van der Waals surface area contributed by atoms with Gasteiger partial charge in [-0.15, -0.1) is 0 Å². The molecule has 0 amide bonds. The first kappa shape index (κ1) is 17.4. The second kappa shape index (κ2) is 10.3. The van der Waals surface area contributed by atoms with E-state index in [9.17, 15) is 4.79 Å². The van der Waals surface area contributed by atoms with E-state index in [-0.39, 0.29) is 11.9 Å². The molecule has 1 fully saturated rings. The van der Waals surface area contributed by atoms with Gasteiger partial charge in [0.2, 0.25) is 0 Å². The third kappa shape index (κ3) is 6.97. The Morgan fingerprint density at radius 1 is 1.22 bits per heavy atom. The maximum absolute atomic E-state index is 11.4. The van der Waals surface area contributed by atoms with Crippen molar-refractivity contribution in [3.05, 3.63) is 0 Å². The van der Waals surface area contributed by atoms with Gasteiger partial charge in [-0.05, 0) is 13.5 Å². The molecule has 1 rings (SSSR count). The van der Waals surface area contributed by atoms with Crippen molar-refractivity contribution >= 4 is 5.97 Å². The minimum atomic E-state index is -0.0587. The van der Waals surface area contributed by atoms with Gasteiger partial charge in [-0.1, -0.05) is 27.7 Å². The zero-order valence-corrected chi connectivity index (χ0v) is 12.7. The van der Waals surface area contributed by atoms with Crippen LogP contribution >= 0.6 is 0 Å². The highest BCUT2D eigenvalue weighted by atomic mass is 16.5. The van der Waals surface area contributed by atoms with E-state index in [4.69, 9.17) is 4.74 Å². The summed E-state index contributed by atoms with van der Waals surface area (Å²) in [5.74, 6) is -0.0240. The molecule has 0 aromatic heterocycles. The molecule has 4 heteroatoms. The van der Waals surface area contributed by atoms with Crippen molar-refractivity contribution in [2.75, 3.05) is 46.4 Å². The van der Waals surface area contributed by atoms with Gasteiger partial charge >= 0.3 is 5.97 Å². The predicted octanol–water partition coefficient (Wildman–Crippen LogP) is 1.85. The fourth-order valence-electron chi connectivity index (χ4n) is 1.66. The van der Waals surface area contributed by atoms with Crippen LogP contribution in [0.25, 0.3) is 0 Å². The molecule has 0 unspecified atom stereocenters. The average molecular weight is 258 g/mol. The van der Waals surface area contributed by atoms with Crippen molar-refractivity contribution in [3.8, 4) is 0 Å². The smallest absolute Gasteiger partial charge is 0.308 e. The molecule has 0 spiro atoms. The zero-order valence-electron chi connectivity index (χ0n) is 12.7. The Bertz CT molecular complexity index is 214. The van der Waals surface area contributed by atoms with E-state index in [2.05, 4.69) is 16.8 Å². The predicted molar refractivity (Wildman–Crippen MR) is 75.7 cm³/mol. The monoisotopic (exact) mass is 258 g/mol. The van der Waals surface area contributed by atoms with Gasteiger partial charge in [0.25, 0.3) is 0 Å². The Labute approximate surface area is 112 Å². The van der Waals surface area contributed by atoms with E-state index in [0.29, 0.717) is 6.61 Å². The second-order valence-corrected chi connectivity index (χ2v) is 4.62. The topological polar surface area (TPSA) is 32.8 Å². The van der Waals surface area contributed by atoms with Crippen LogP contribution in [0.1, 0.15) is 34.1 Å². The lowest BCUT2D eigenvalue weighted by atomic mass is 10.1. The van der Waals surface area contributed by atoms with Crippen LogP contribution in [-0.2, 0) is 9.53 Å². The summed E-state index contributed by atoms with van der Waals surface area (Å²) in [6.07, 6.45) is 0.855. The highest BCUT2D eigenvalue weighted by Gasteiger charge is 2.15. The van der Waals surface area contributed by atoms with Crippen LogP contribution in [-0.4, -0.2) is 62.1 Å². The van der Waals surface area contributed by atoms with E-state index in [1.165, 1.54) is 0 Å². The van der Waals surface area contributed by atoms with Gasteiger partial charge in [0, 0.05) is 32.7 Å². The summed E-state index contributed by atoms with van der Waals surface area (Å²) in [5.41, 5.74) is 0. The Balaban J connectivity index is 0.00000137. The molecule has 0 aliphatic carbocycles. The van der Waals surface area contributed by atoms with Crippen molar-refractivity contribution in [3.63, 3.8) is 0 Å². The van der Waals surface area contributed by atoms with Crippen molar-refractivity contribution in [1.82, 2.24) is 9.80 Å². The molecule has 0 aromatic rings. The van der Waals surface area contributed by atoms with Crippen LogP contribution in [0.4, 0.5) is 0 Å². The van der Waals surface area contributed by atoms with E-state index < -0.39 is 0 Å². The summed E-state index contributed by atoms with van der Waals surface area (Å²) in [4.78, 5) is 16.1. The summed E-state index contributed by atoms with van der Waals surface area (Å²) < 4.78 is 5.23. The lowest BCUT2D eigenvalue weighted by Crippen LogP contribution is -2.45. The number of rotatable bonds is 5. The molecular weight excluding hydrogens is 228 g/mol. The quantitative estimate of drug-likeness (QED) is 0.705. The molecule has 0 bridgehead atoms. The standard InChI is InChI=1S/C12H24N2O2.C2H6/c1-4-11(2)12(15)16-10-9-14-7-5-13(3)6-8-14;1-2/h11H,4-10H2,1-3H3;1-2H3/t11-;/m0./s1. The lowest BCUT2D eigenvalue weighted by Gasteiger charge is -2.32.